The Morgan fingerprint density at radius 2 is 1.96 bits per heavy atom. The summed E-state index contributed by atoms with van der Waals surface area (Å²) in [6, 6.07) is 15.9. The van der Waals surface area contributed by atoms with Gasteiger partial charge in [0.05, 0.1) is 11.8 Å². The van der Waals surface area contributed by atoms with E-state index in [1.165, 1.54) is 5.69 Å². The number of nitrogens with zero attached hydrogens (tertiary/aromatic N) is 2. The molecule has 0 amide bonds. The molecular weight excluding hydrogens is 356 g/mol. The second-order valence-corrected chi connectivity index (χ2v) is 7.89. The molecular formula is C21H24N4OS. The van der Waals surface area contributed by atoms with Crippen LogP contribution in [-0.4, -0.2) is 48.2 Å². The Kier molecular flexibility index (Phi) is 5.65. The number of nitrogens with one attached hydrogen (secondary N) is 2. The summed E-state index contributed by atoms with van der Waals surface area (Å²) in [5.41, 5.74) is 3.34. The van der Waals surface area contributed by atoms with Crippen LogP contribution in [0.1, 0.15) is 5.56 Å². The predicted octanol–water partition coefficient (Wildman–Crippen LogP) is 3.40. The van der Waals surface area contributed by atoms with Crippen LogP contribution in [0.5, 0.6) is 5.75 Å². The first-order chi connectivity index (χ1) is 13.3. The maximum atomic E-state index is 9.54. The van der Waals surface area contributed by atoms with Gasteiger partial charge in [0.1, 0.15) is 5.75 Å². The zero-order valence-electron chi connectivity index (χ0n) is 15.1. The average molecular weight is 381 g/mol. The van der Waals surface area contributed by atoms with Crippen LogP contribution < -0.4 is 15.5 Å². The van der Waals surface area contributed by atoms with E-state index >= 15 is 0 Å². The first-order valence-corrected chi connectivity index (χ1v) is 10.2. The van der Waals surface area contributed by atoms with Crippen molar-refractivity contribution < 1.29 is 5.11 Å². The summed E-state index contributed by atoms with van der Waals surface area (Å²) in [5.74, 6) is 0.291. The fourth-order valence-electron chi connectivity index (χ4n) is 3.21. The minimum absolute atomic E-state index is 0.291. The molecule has 0 saturated carbocycles. The lowest BCUT2D eigenvalue weighted by molar-refractivity contribution is 0.475. The maximum Gasteiger partial charge on any atom is 0.161 e. The summed E-state index contributed by atoms with van der Waals surface area (Å²) in [6.45, 7) is 4.97. The van der Waals surface area contributed by atoms with Crippen molar-refractivity contribution in [2.75, 3.05) is 42.9 Å². The highest BCUT2D eigenvalue weighted by molar-refractivity contribution is 8.15. The molecule has 0 radical (unpaired) electrons. The molecule has 2 aromatic rings. The van der Waals surface area contributed by atoms with Crippen LogP contribution in [0.15, 0.2) is 59.6 Å². The van der Waals surface area contributed by atoms with Crippen molar-refractivity contribution in [3.63, 3.8) is 0 Å². The molecule has 140 valence electrons. The number of amidine groups is 1. The van der Waals surface area contributed by atoms with Gasteiger partial charge in [-0.3, -0.25) is 4.99 Å². The third-order valence-corrected chi connectivity index (χ3v) is 5.72. The summed E-state index contributed by atoms with van der Waals surface area (Å²) < 4.78 is 0. The Morgan fingerprint density at radius 1 is 1.15 bits per heavy atom. The molecule has 2 aromatic carbocycles. The molecule has 1 atom stereocenters. The molecule has 2 aliphatic rings. The second-order valence-electron chi connectivity index (χ2n) is 6.67. The Hall–Kier alpha value is -2.44. The third kappa shape index (κ3) is 4.84. The number of anilines is 2. The van der Waals surface area contributed by atoms with Crippen molar-refractivity contribution in [3.05, 3.63) is 60.2 Å². The van der Waals surface area contributed by atoms with E-state index in [0.29, 0.717) is 11.0 Å². The Balaban J connectivity index is 1.30. The van der Waals surface area contributed by atoms with Crippen LogP contribution in [0.4, 0.5) is 11.4 Å². The normalized spacial score (nSPS) is 20.1. The average Bonchev–Trinajstić information content (AvgIpc) is 3.15. The summed E-state index contributed by atoms with van der Waals surface area (Å²) >= 11 is 1.73. The van der Waals surface area contributed by atoms with Gasteiger partial charge in [0.15, 0.2) is 5.17 Å². The van der Waals surface area contributed by atoms with Gasteiger partial charge in [0.25, 0.3) is 0 Å². The van der Waals surface area contributed by atoms with E-state index in [9.17, 15) is 5.11 Å². The van der Waals surface area contributed by atoms with E-state index in [-0.39, 0.29) is 0 Å². The molecule has 0 spiro atoms. The van der Waals surface area contributed by atoms with Gasteiger partial charge in [-0.05, 0) is 42.0 Å². The molecule has 0 bridgehead atoms. The van der Waals surface area contributed by atoms with Gasteiger partial charge in [0.2, 0.25) is 0 Å². The number of benzene rings is 2. The largest absolute Gasteiger partial charge is 0.508 e. The number of hydrogen-bond acceptors (Lipinski definition) is 6. The number of aliphatic imine (C=N–C) groups is 1. The van der Waals surface area contributed by atoms with Crippen LogP contribution in [0, 0.1) is 0 Å². The van der Waals surface area contributed by atoms with E-state index in [4.69, 9.17) is 0 Å². The number of aromatic hydroxyl groups is 1. The number of phenolic OH excluding ortho intramolecular Hbond substituents is 1. The van der Waals surface area contributed by atoms with Gasteiger partial charge in [-0.1, -0.05) is 36.0 Å². The highest BCUT2D eigenvalue weighted by Crippen LogP contribution is 2.26. The number of rotatable bonds is 4. The lowest BCUT2D eigenvalue weighted by Crippen LogP contribution is -2.43. The molecule has 5 nitrogen and oxygen atoms in total. The fraction of sp³-hybridized carbons (Fsp3) is 0.286. The minimum atomic E-state index is 0.291. The molecule has 1 fully saturated rings. The van der Waals surface area contributed by atoms with Gasteiger partial charge in [0, 0.05) is 37.6 Å². The first kappa shape index (κ1) is 17.9. The zero-order chi connectivity index (χ0) is 18.5. The van der Waals surface area contributed by atoms with E-state index in [1.54, 1.807) is 23.9 Å². The van der Waals surface area contributed by atoms with Crippen LogP contribution in [0.3, 0.4) is 0 Å². The topological polar surface area (TPSA) is 59.9 Å². The summed E-state index contributed by atoms with van der Waals surface area (Å²) in [6.07, 6.45) is 4.18. The molecule has 2 heterocycles. The molecule has 27 heavy (non-hydrogen) atoms. The molecule has 2 aliphatic heterocycles. The van der Waals surface area contributed by atoms with Crippen LogP contribution in [0.2, 0.25) is 0 Å². The summed E-state index contributed by atoms with van der Waals surface area (Å²) in [4.78, 5) is 7.01. The minimum Gasteiger partial charge on any atom is -0.508 e. The summed E-state index contributed by atoms with van der Waals surface area (Å²) in [7, 11) is 0. The van der Waals surface area contributed by atoms with Crippen molar-refractivity contribution in [1.82, 2.24) is 5.32 Å². The molecule has 0 aromatic heterocycles. The Labute approximate surface area is 164 Å². The smallest absolute Gasteiger partial charge is 0.161 e. The number of thioether (sulfide) groups is 1. The number of hydrogen-bond donors (Lipinski definition) is 3. The van der Waals surface area contributed by atoms with Crippen molar-refractivity contribution in [2.45, 2.75) is 5.25 Å². The van der Waals surface area contributed by atoms with Gasteiger partial charge < -0.3 is 20.6 Å². The lowest BCUT2D eigenvalue weighted by Gasteiger charge is -2.29. The van der Waals surface area contributed by atoms with Crippen LogP contribution in [-0.2, 0) is 0 Å². The van der Waals surface area contributed by atoms with E-state index in [0.717, 1.165) is 49.1 Å². The lowest BCUT2D eigenvalue weighted by atomic mass is 10.2. The highest BCUT2D eigenvalue weighted by atomic mass is 32.2. The first-order valence-electron chi connectivity index (χ1n) is 9.27. The monoisotopic (exact) mass is 380 g/mol. The molecule has 0 aliphatic carbocycles. The molecule has 3 N–H and O–H groups in total. The van der Waals surface area contributed by atoms with Gasteiger partial charge in [-0.15, -0.1) is 0 Å². The Bertz CT molecular complexity index is 828. The van der Waals surface area contributed by atoms with Gasteiger partial charge in [-0.25, -0.2) is 0 Å². The van der Waals surface area contributed by atoms with Crippen LogP contribution >= 0.6 is 11.8 Å². The van der Waals surface area contributed by atoms with E-state index in [2.05, 4.69) is 50.9 Å². The molecule has 4 rings (SSSR count). The highest BCUT2D eigenvalue weighted by Gasteiger charge is 2.17. The third-order valence-electron chi connectivity index (χ3n) is 4.65. The van der Waals surface area contributed by atoms with E-state index in [1.807, 2.05) is 18.2 Å². The second kappa shape index (κ2) is 8.50. The SMILES string of the molecule is Oc1cccc(/C=C/C2CN=C(Nc3ccc(N4CCNCC4)cc3)S2)c1. The van der Waals surface area contributed by atoms with Gasteiger partial charge >= 0.3 is 0 Å². The van der Waals surface area contributed by atoms with Crippen molar-refractivity contribution >= 4 is 34.4 Å². The summed E-state index contributed by atoms with van der Waals surface area (Å²) in [5, 5.41) is 17.6. The molecule has 1 saturated heterocycles. The van der Waals surface area contributed by atoms with Crippen LogP contribution in [0.25, 0.3) is 6.08 Å². The van der Waals surface area contributed by atoms with Crippen molar-refractivity contribution in [1.29, 1.82) is 0 Å². The quantitative estimate of drug-likeness (QED) is 0.759. The Morgan fingerprint density at radius 3 is 2.74 bits per heavy atom. The van der Waals surface area contributed by atoms with Gasteiger partial charge in [-0.2, -0.15) is 0 Å². The number of phenols is 1. The fourth-order valence-corrected chi connectivity index (χ4v) is 4.13. The molecule has 1 unspecified atom stereocenters. The van der Waals surface area contributed by atoms with Crippen molar-refractivity contribution in [3.8, 4) is 5.75 Å². The zero-order valence-corrected chi connectivity index (χ0v) is 16.0. The predicted molar refractivity (Wildman–Crippen MR) is 116 cm³/mol. The number of piperazine rings is 1. The van der Waals surface area contributed by atoms with E-state index < -0.39 is 0 Å². The maximum absolute atomic E-state index is 9.54. The molecule has 6 heteroatoms. The van der Waals surface area contributed by atoms with Crippen molar-refractivity contribution in [2.24, 2.45) is 4.99 Å². The standard InChI is InChI=1S/C21H24N4OS/c26-19-3-1-2-16(14-19)4-9-20-15-23-21(27-20)24-17-5-7-18(8-6-17)25-12-10-22-11-13-25/h1-9,14,20,22,26H,10-13,15H2,(H,23,24)/b9-4+.